The smallest absolute Gasteiger partial charge is 0.339 e. The van der Waals surface area contributed by atoms with Crippen LogP contribution in [0.15, 0.2) is 22.9 Å². The van der Waals surface area contributed by atoms with E-state index >= 15 is 0 Å². The van der Waals surface area contributed by atoms with Crippen LogP contribution in [0.2, 0.25) is 0 Å². The molecule has 1 amide bonds. The van der Waals surface area contributed by atoms with Crippen LogP contribution in [0.3, 0.4) is 0 Å². The third-order valence-corrected chi connectivity index (χ3v) is 2.53. The van der Waals surface area contributed by atoms with Gasteiger partial charge < -0.3 is 14.5 Å². The molecular formula is C13H15N3O4. The molecule has 1 aromatic heterocycles. The first-order valence-corrected chi connectivity index (χ1v) is 6.24. The summed E-state index contributed by atoms with van der Waals surface area (Å²) in [5.41, 5.74) is 3.62. The summed E-state index contributed by atoms with van der Waals surface area (Å²) in [6, 6.07) is 1.60. The van der Waals surface area contributed by atoms with E-state index in [9.17, 15) is 9.59 Å². The lowest BCUT2D eigenvalue weighted by Crippen LogP contribution is -2.14. The number of H-pyrrole nitrogens is 1. The number of hydrogen-bond donors (Lipinski definition) is 2. The van der Waals surface area contributed by atoms with Crippen molar-refractivity contribution in [3.63, 3.8) is 0 Å². The van der Waals surface area contributed by atoms with Crippen LogP contribution in [-0.2, 0) is 14.3 Å². The molecule has 0 saturated carbocycles. The summed E-state index contributed by atoms with van der Waals surface area (Å²) in [4.78, 5) is 26.1. The number of rotatable bonds is 4. The quantitative estimate of drug-likeness (QED) is 0.635. The second kappa shape index (κ2) is 6.05. The van der Waals surface area contributed by atoms with Crippen LogP contribution in [-0.4, -0.2) is 36.0 Å². The fraction of sp³-hybridized carbons (Fsp3) is 0.308. The lowest BCUT2D eigenvalue weighted by molar-refractivity contribution is -0.116. The molecule has 0 aromatic carbocycles. The molecule has 2 rings (SSSR count). The topological polar surface area (TPSA) is 92.8 Å². The Hall–Kier alpha value is -2.57. The molecule has 7 nitrogen and oxygen atoms in total. The van der Waals surface area contributed by atoms with Gasteiger partial charge in [-0.05, 0) is 26.0 Å². The predicted molar refractivity (Wildman–Crippen MR) is 71.9 cm³/mol. The molecule has 0 aliphatic carbocycles. The second-order valence-electron chi connectivity index (χ2n) is 3.91. The largest absolute Gasteiger partial charge is 0.476 e. The van der Waals surface area contributed by atoms with Gasteiger partial charge in [-0.3, -0.25) is 4.79 Å². The molecule has 20 heavy (non-hydrogen) atoms. The summed E-state index contributed by atoms with van der Waals surface area (Å²) in [5, 5.41) is 3.78. The van der Waals surface area contributed by atoms with Crippen molar-refractivity contribution in [1.82, 2.24) is 10.4 Å². The van der Waals surface area contributed by atoms with Gasteiger partial charge in [-0.2, -0.15) is 0 Å². The van der Waals surface area contributed by atoms with E-state index in [1.165, 1.54) is 6.20 Å². The lowest BCUT2D eigenvalue weighted by atomic mass is 10.2. The van der Waals surface area contributed by atoms with Crippen LogP contribution in [0.25, 0.3) is 6.08 Å². The number of carbonyl (C=O) groups is 2. The summed E-state index contributed by atoms with van der Waals surface area (Å²) in [7, 11) is 0. The van der Waals surface area contributed by atoms with Gasteiger partial charge in [0, 0.05) is 11.9 Å². The number of amides is 1. The van der Waals surface area contributed by atoms with Crippen LogP contribution in [0.1, 0.15) is 29.9 Å². The van der Waals surface area contributed by atoms with Gasteiger partial charge in [0.05, 0.1) is 18.8 Å². The maximum Gasteiger partial charge on any atom is 0.339 e. The summed E-state index contributed by atoms with van der Waals surface area (Å²) >= 11 is 0. The highest BCUT2D eigenvalue weighted by Crippen LogP contribution is 2.14. The Morgan fingerprint density at radius 1 is 1.40 bits per heavy atom. The van der Waals surface area contributed by atoms with E-state index in [1.807, 2.05) is 0 Å². The van der Waals surface area contributed by atoms with E-state index in [1.54, 1.807) is 26.0 Å². The highest BCUT2D eigenvalue weighted by Gasteiger charge is 2.24. The Labute approximate surface area is 115 Å². The molecule has 0 atom stereocenters. The summed E-state index contributed by atoms with van der Waals surface area (Å²) in [5.74, 6) is -0.520. The van der Waals surface area contributed by atoms with Gasteiger partial charge in [-0.1, -0.05) is 0 Å². The molecule has 1 aliphatic rings. The fourth-order valence-electron chi connectivity index (χ4n) is 1.68. The Kier molecular flexibility index (Phi) is 4.19. The molecule has 2 N–H and O–H groups in total. The van der Waals surface area contributed by atoms with Crippen molar-refractivity contribution in [2.24, 2.45) is 5.10 Å². The van der Waals surface area contributed by atoms with Crippen molar-refractivity contribution in [1.29, 1.82) is 0 Å². The van der Waals surface area contributed by atoms with Crippen molar-refractivity contribution in [2.75, 3.05) is 13.2 Å². The molecule has 0 saturated heterocycles. The summed E-state index contributed by atoms with van der Waals surface area (Å²) in [6.45, 7) is 4.26. The van der Waals surface area contributed by atoms with Gasteiger partial charge in [0.15, 0.2) is 0 Å². The Balaban J connectivity index is 2.20. The van der Waals surface area contributed by atoms with Crippen molar-refractivity contribution in [3.8, 4) is 0 Å². The molecule has 1 aromatic rings. The maximum absolute atomic E-state index is 11.6. The van der Waals surface area contributed by atoms with E-state index < -0.39 is 5.97 Å². The van der Waals surface area contributed by atoms with Gasteiger partial charge in [-0.15, -0.1) is 5.10 Å². The van der Waals surface area contributed by atoms with Crippen LogP contribution < -0.4 is 5.43 Å². The number of esters is 1. The molecule has 106 valence electrons. The molecule has 0 fully saturated rings. The minimum atomic E-state index is -0.414. The van der Waals surface area contributed by atoms with E-state index in [-0.39, 0.29) is 11.8 Å². The van der Waals surface area contributed by atoms with Gasteiger partial charge >= 0.3 is 5.97 Å². The monoisotopic (exact) mass is 277 g/mol. The number of aromatic nitrogens is 1. The molecule has 0 bridgehead atoms. The van der Waals surface area contributed by atoms with Crippen molar-refractivity contribution in [3.05, 3.63) is 29.1 Å². The van der Waals surface area contributed by atoms with Crippen molar-refractivity contribution >= 4 is 23.9 Å². The minimum Gasteiger partial charge on any atom is -0.476 e. The summed E-state index contributed by atoms with van der Waals surface area (Å²) < 4.78 is 10.1. The number of hydrogen-bond acceptors (Lipinski definition) is 5. The highest BCUT2D eigenvalue weighted by molar-refractivity contribution is 6.24. The minimum absolute atomic E-state index is 0.241. The van der Waals surface area contributed by atoms with Crippen molar-refractivity contribution in [2.45, 2.75) is 13.8 Å². The van der Waals surface area contributed by atoms with Crippen LogP contribution in [0.5, 0.6) is 0 Å². The van der Waals surface area contributed by atoms with E-state index in [2.05, 4.69) is 15.5 Å². The maximum atomic E-state index is 11.6. The SMILES string of the molecule is CCOC(=O)c1c[nH]c(C=C2C(=O)NN=C2OCC)c1. The average molecular weight is 277 g/mol. The zero-order valence-electron chi connectivity index (χ0n) is 11.2. The Morgan fingerprint density at radius 3 is 2.90 bits per heavy atom. The number of aromatic amines is 1. The molecule has 0 radical (unpaired) electrons. The highest BCUT2D eigenvalue weighted by atomic mass is 16.5. The predicted octanol–water partition coefficient (Wildman–Crippen LogP) is 1.05. The average Bonchev–Trinajstić information content (AvgIpc) is 3.01. The fourth-order valence-corrected chi connectivity index (χ4v) is 1.68. The number of nitrogens with one attached hydrogen (secondary N) is 2. The molecule has 1 aliphatic heterocycles. The Bertz CT molecular complexity index is 586. The Morgan fingerprint density at radius 2 is 2.20 bits per heavy atom. The number of nitrogens with zero attached hydrogens (tertiary/aromatic N) is 1. The number of carbonyl (C=O) groups excluding carboxylic acids is 2. The third kappa shape index (κ3) is 2.87. The van der Waals surface area contributed by atoms with Gasteiger partial charge in [0.25, 0.3) is 5.91 Å². The first-order chi connectivity index (χ1) is 9.65. The molecule has 0 spiro atoms. The molecular weight excluding hydrogens is 262 g/mol. The zero-order valence-corrected chi connectivity index (χ0v) is 11.2. The zero-order chi connectivity index (χ0) is 14.5. The lowest BCUT2D eigenvalue weighted by Gasteiger charge is -2.00. The summed E-state index contributed by atoms with van der Waals surface area (Å²) in [6.07, 6.45) is 3.09. The first-order valence-electron chi connectivity index (χ1n) is 6.24. The molecule has 0 unspecified atom stereocenters. The van der Waals surface area contributed by atoms with Gasteiger partial charge in [-0.25, -0.2) is 10.2 Å². The first kappa shape index (κ1) is 13.9. The van der Waals surface area contributed by atoms with E-state index in [0.29, 0.717) is 30.0 Å². The van der Waals surface area contributed by atoms with E-state index in [0.717, 1.165) is 0 Å². The van der Waals surface area contributed by atoms with Crippen molar-refractivity contribution < 1.29 is 19.1 Å². The van der Waals surface area contributed by atoms with Gasteiger partial charge in [0.1, 0.15) is 5.57 Å². The third-order valence-electron chi connectivity index (χ3n) is 2.53. The molecule has 7 heteroatoms. The van der Waals surface area contributed by atoms with Gasteiger partial charge in [0.2, 0.25) is 5.90 Å². The second-order valence-corrected chi connectivity index (χ2v) is 3.91. The standard InChI is InChI=1S/C13H15N3O4/c1-3-19-12-10(11(17)15-16-12)6-9-5-8(7-14-9)13(18)20-4-2/h5-7,14H,3-4H2,1-2H3,(H,15,17). The van der Waals surface area contributed by atoms with E-state index in [4.69, 9.17) is 9.47 Å². The normalized spacial score (nSPS) is 16.0. The van der Waals surface area contributed by atoms with Crippen LogP contribution in [0.4, 0.5) is 0 Å². The number of ether oxygens (including phenoxy) is 2. The molecule has 2 heterocycles. The number of hydrazone groups is 1. The van der Waals surface area contributed by atoms with Crippen LogP contribution >= 0.6 is 0 Å². The van der Waals surface area contributed by atoms with Crippen LogP contribution in [0, 0.1) is 0 Å².